The van der Waals surface area contributed by atoms with E-state index in [1.165, 1.54) is 0 Å². The maximum absolute atomic E-state index is 12.6. The van der Waals surface area contributed by atoms with Crippen LogP contribution < -0.4 is 14.8 Å². The van der Waals surface area contributed by atoms with Crippen LogP contribution in [0.3, 0.4) is 0 Å². The molecule has 25 heavy (non-hydrogen) atoms. The summed E-state index contributed by atoms with van der Waals surface area (Å²) in [6.07, 6.45) is 0. The highest BCUT2D eigenvalue weighted by atomic mass is 16.5. The van der Waals surface area contributed by atoms with Gasteiger partial charge >= 0.3 is 0 Å². The normalized spacial score (nSPS) is 11.9. The van der Waals surface area contributed by atoms with Gasteiger partial charge in [-0.1, -0.05) is 6.07 Å². The number of nitrogens with zero attached hydrogens (tertiary/aromatic N) is 2. The Morgan fingerprint density at radius 1 is 1.20 bits per heavy atom. The summed E-state index contributed by atoms with van der Waals surface area (Å²) in [4.78, 5) is 12.6. The zero-order valence-electron chi connectivity index (χ0n) is 15.8. The van der Waals surface area contributed by atoms with Crippen molar-refractivity contribution in [2.24, 2.45) is 7.05 Å². The zero-order chi connectivity index (χ0) is 18.6. The van der Waals surface area contributed by atoms with Gasteiger partial charge in [0.1, 0.15) is 0 Å². The maximum atomic E-state index is 12.6. The van der Waals surface area contributed by atoms with Crippen molar-refractivity contribution in [1.82, 2.24) is 15.1 Å². The third-order valence-electron chi connectivity index (χ3n) is 4.15. The van der Waals surface area contributed by atoms with Crippen LogP contribution in [0.1, 0.15) is 54.1 Å². The second kappa shape index (κ2) is 8.05. The van der Waals surface area contributed by atoms with Crippen LogP contribution >= 0.6 is 0 Å². The molecule has 1 heterocycles. The summed E-state index contributed by atoms with van der Waals surface area (Å²) in [6.45, 7) is 10.7. The van der Waals surface area contributed by atoms with E-state index in [1.807, 2.05) is 59.9 Å². The average molecular weight is 345 g/mol. The van der Waals surface area contributed by atoms with Crippen molar-refractivity contribution >= 4 is 5.91 Å². The Morgan fingerprint density at radius 3 is 2.40 bits per heavy atom. The number of ether oxygens (including phenoxy) is 2. The Kier molecular flexibility index (Phi) is 6.07. The molecular formula is C19H27N3O3. The lowest BCUT2D eigenvalue weighted by molar-refractivity contribution is 0.0938. The van der Waals surface area contributed by atoms with E-state index in [0.717, 1.165) is 17.0 Å². The summed E-state index contributed by atoms with van der Waals surface area (Å²) >= 11 is 0. The van der Waals surface area contributed by atoms with Crippen LogP contribution in [0.4, 0.5) is 0 Å². The molecule has 1 N–H and O–H groups in total. The highest BCUT2D eigenvalue weighted by molar-refractivity contribution is 5.96. The molecule has 1 atom stereocenters. The van der Waals surface area contributed by atoms with Crippen molar-refractivity contribution < 1.29 is 14.3 Å². The van der Waals surface area contributed by atoms with Gasteiger partial charge in [-0.3, -0.25) is 9.48 Å². The van der Waals surface area contributed by atoms with Crippen LogP contribution in [0.25, 0.3) is 0 Å². The molecule has 0 aliphatic rings. The van der Waals surface area contributed by atoms with Gasteiger partial charge in [-0.15, -0.1) is 0 Å². The predicted molar refractivity (Wildman–Crippen MR) is 97.3 cm³/mol. The van der Waals surface area contributed by atoms with Crippen molar-refractivity contribution in [2.75, 3.05) is 13.2 Å². The number of rotatable bonds is 7. The van der Waals surface area contributed by atoms with Gasteiger partial charge < -0.3 is 14.8 Å². The molecule has 2 rings (SSSR count). The van der Waals surface area contributed by atoms with Gasteiger partial charge in [0, 0.05) is 12.7 Å². The third kappa shape index (κ3) is 4.13. The number of aryl methyl sites for hydroxylation is 2. The third-order valence-corrected chi connectivity index (χ3v) is 4.15. The molecule has 2 aromatic rings. The summed E-state index contributed by atoms with van der Waals surface area (Å²) in [7, 11) is 1.84. The van der Waals surface area contributed by atoms with Crippen LogP contribution in [0.15, 0.2) is 18.2 Å². The van der Waals surface area contributed by atoms with Crippen molar-refractivity contribution in [1.29, 1.82) is 0 Å². The van der Waals surface area contributed by atoms with E-state index in [1.54, 1.807) is 4.68 Å². The van der Waals surface area contributed by atoms with E-state index in [9.17, 15) is 4.79 Å². The Hall–Kier alpha value is -2.50. The van der Waals surface area contributed by atoms with Crippen LogP contribution in [-0.4, -0.2) is 28.9 Å². The first-order chi connectivity index (χ1) is 11.9. The lowest BCUT2D eigenvalue weighted by Gasteiger charge is -2.17. The molecular weight excluding hydrogens is 318 g/mol. The van der Waals surface area contributed by atoms with E-state index in [4.69, 9.17) is 9.47 Å². The number of amides is 1. The number of nitrogens with one attached hydrogen (secondary N) is 1. The summed E-state index contributed by atoms with van der Waals surface area (Å²) in [5.41, 5.74) is 3.17. The van der Waals surface area contributed by atoms with Gasteiger partial charge in [0.2, 0.25) is 0 Å². The highest BCUT2D eigenvalue weighted by Gasteiger charge is 2.20. The minimum absolute atomic E-state index is 0.123. The molecule has 6 heteroatoms. The summed E-state index contributed by atoms with van der Waals surface area (Å²) in [5.74, 6) is 1.28. The SMILES string of the molecule is CCOc1ccc(C(C)NC(=O)c2c(C)nn(C)c2C)cc1OCC. The van der Waals surface area contributed by atoms with E-state index >= 15 is 0 Å². The quantitative estimate of drug-likeness (QED) is 0.836. The number of aromatic nitrogens is 2. The van der Waals surface area contributed by atoms with Gasteiger partial charge in [0.15, 0.2) is 11.5 Å². The summed E-state index contributed by atoms with van der Waals surface area (Å²) in [6, 6.07) is 5.58. The minimum Gasteiger partial charge on any atom is -0.490 e. The van der Waals surface area contributed by atoms with Gasteiger partial charge in [-0.05, 0) is 52.3 Å². The summed E-state index contributed by atoms with van der Waals surface area (Å²) in [5, 5.41) is 7.34. The topological polar surface area (TPSA) is 65.4 Å². The van der Waals surface area contributed by atoms with Crippen LogP contribution in [0, 0.1) is 13.8 Å². The molecule has 6 nitrogen and oxygen atoms in total. The molecule has 0 saturated carbocycles. The largest absolute Gasteiger partial charge is 0.490 e. The number of carbonyl (C=O) groups is 1. The van der Waals surface area contributed by atoms with Gasteiger partial charge in [0.05, 0.1) is 30.5 Å². The smallest absolute Gasteiger partial charge is 0.255 e. The molecule has 1 aromatic carbocycles. The van der Waals surface area contributed by atoms with E-state index < -0.39 is 0 Å². The van der Waals surface area contributed by atoms with E-state index in [-0.39, 0.29) is 11.9 Å². The second-order valence-electron chi connectivity index (χ2n) is 5.94. The molecule has 0 saturated heterocycles. The Balaban J connectivity index is 2.21. The predicted octanol–water partition coefficient (Wildman–Crippen LogP) is 3.33. The van der Waals surface area contributed by atoms with Crippen LogP contribution in [0.2, 0.25) is 0 Å². The molecule has 1 amide bonds. The first-order valence-corrected chi connectivity index (χ1v) is 8.59. The molecule has 0 bridgehead atoms. The molecule has 0 fully saturated rings. The number of benzene rings is 1. The van der Waals surface area contributed by atoms with Crippen molar-refractivity contribution in [2.45, 2.75) is 40.7 Å². The molecule has 136 valence electrons. The lowest BCUT2D eigenvalue weighted by Crippen LogP contribution is -2.27. The highest BCUT2D eigenvalue weighted by Crippen LogP contribution is 2.31. The standard InChI is InChI=1S/C19H27N3O3/c1-7-24-16-10-9-15(11-17(16)25-8-2)12(3)20-19(23)18-13(4)21-22(6)14(18)5/h9-12H,7-8H2,1-6H3,(H,20,23). The van der Waals surface area contributed by atoms with Crippen LogP contribution in [-0.2, 0) is 7.05 Å². The fourth-order valence-corrected chi connectivity index (χ4v) is 2.79. The molecule has 0 spiro atoms. The number of hydrogen-bond acceptors (Lipinski definition) is 4. The fourth-order valence-electron chi connectivity index (χ4n) is 2.79. The van der Waals surface area contributed by atoms with Gasteiger partial charge in [-0.2, -0.15) is 5.10 Å². The van der Waals surface area contributed by atoms with Crippen molar-refractivity contribution in [3.8, 4) is 11.5 Å². The van der Waals surface area contributed by atoms with Crippen LogP contribution in [0.5, 0.6) is 11.5 Å². The molecule has 1 unspecified atom stereocenters. The molecule has 0 aliphatic heterocycles. The van der Waals surface area contributed by atoms with Crippen molar-refractivity contribution in [3.63, 3.8) is 0 Å². The van der Waals surface area contributed by atoms with Crippen molar-refractivity contribution in [3.05, 3.63) is 40.7 Å². The average Bonchev–Trinajstić information content (AvgIpc) is 2.82. The Bertz CT molecular complexity index is 753. The monoisotopic (exact) mass is 345 g/mol. The Morgan fingerprint density at radius 2 is 1.84 bits per heavy atom. The number of carbonyl (C=O) groups excluding carboxylic acids is 1. The molecule has 0 aliphatic carbocycles. The minimum atomic E-state index is -0.165. The first kappa shape index (κ1) is 18.8. The second-order valence-corrected chi connectivity index (χ2v) is 5.94. The first-order valence-electron chi connectivity index (χ1n) is 8.59. The van der Waals surface area contributed by atoms with E-state index in [2.05, 4.69) is 10.4 Å². The molecule has 0 radical (unpaired) electrons. The number of hydrogen-bond donors (Lipinski definition) is 1. The Labute approximate surface area is 149 Å². The fraction of sp³-hybridized carbons (Fsp3) is 0.474. The summed E-state index contributed by atoms with van der Waals surface area (Å²) < 4.78 is 13.0. The lowest BCUT2D eigenvalue weighted by atomic mass is 10.1. The zero-order valence-corrected chi connectivity index (χ0v) is 15.8. The van der Waals surface area contributed by atoms with Gasteiger partial charge in [0.25, 0.3) is 5.91 Å². The maximum Gasteiger partial charge on any atom is 0.255 e. The van der Waals surface area contributed by atoms with E-state index in [0.29, 0.717) is 30.3 Å². The molecule has 1 aromatic heterocycles. The van der Waals surface area contributed by atoms with Gasteiger partial charge in [-0.25, -0.2) is 0 Å².